The quantitative estimate of drug-likeness (QED) is 0.711. The van der Waals surface area contributed by atoms with Gasteiger partial charge in [-0.1, -0.05) is 13.8 Å². The lowest BCUT2D eigenvalue weighted by atomic mass is 9.92. The van der Waals surface area contributed by atoms with E-state index >= 15 is 0 Å². The van der Waals surface area contributed by atoms with Gasteiger partial charge < -0.3 is 4.74 Å². The van der Waals surface area contributed by atoms with Crippen LogP contribution in [0, 0.1) is 5.92 Å². The lowest BCUT2D eigenvalue weighted by molar-refractivity contribution is -0.146. The summed E-state index contributed by atoms with van der Waals surface area (Å²) in [5.41, 5.74) is 0.906. The smallest absolute Gasteiger partial charge is 0.315 e. The molecular formula is C11H18N2O2. The minimum atomic E-state index is -0.225. The van der Waals surface area contributed by atoms with Crippen LogP contribution in [0.4, 0.5) is 0 Å². The molecule has 1 atom stereocenters. The molecule has 0 aromatic carbocycles. The van der Waals surface area contributed by atoms with Crippen molar-refractivity contribution in [3.63, 3.8) is 0 Å². The molecule has 0 bridgehead atoms. The van der Waals surface area contributed by atoms with Crippen LogP contribution in [0.5, 0.6) is 0 Å². The number of ether oxygens (including phenoxy) is 1. The van der Waals surface area contributed by atoms with E-state index in [2.05, 4.69) is 5.10 Å². The van der Waals surface area contributed by atoms with Gasteiger partial charge in [-0.15, -0.1) is 0 Å². The van der Waals surface area contributed by atoms with Gasteiger partial charge in [-0.25, -0.2) is 0 Å². The summed E-state index contributed by atoms with van der Waals surface area (Å²) in [5, 5.41) is 4.07. The van der Waals surface area contributed by atoms with Crippen LogP contribution in [0.15, 0.2) is 12.3 Å². The molecule has 1 aromatic rings. The molecule has 0 amide bonds. The summed E-state index contributed by atoms with van der Waals surface area (Å²) in [4.78, 5) is 11.8. The summed E-state index contributed by atoms with van der Waals surface area (Å²) in [6.07, 6.45) is 1.70. The van der Waals surface area contributed by atoms with Gasteiger partial charge in [0.1, 0.15) is 5.92 Å². The Morgan fingerprint density at radius 3 is 2.67 bits per heavy atom. The van der Waals surface area contributed by atoms with Crippen molar-refractivity contribution in [2.24, 2.45) is 13.0 Å². The van der Waals surface area contributed by atoms with Gasteiger partial charge in [-0.3, -0.25) is 9.48 Å². The van der Waals surface area contributed by atoms with Crippen molar-refractivity contribution in [1.82, 2.24) is 9.78 Å². The number of hydrogen-bond acceptors (Lipinski definition) is 3. The molecule has 4 heteroatoms. The fourth-order valence-electron chi connectivity index (χ4n) is 1.66. The molecule has 1 unspecified atom stereocenters. The minimum absolute atomic E-state index is 0.170. The molecule has 0 saturated carbocycles. The van der Waals surface area contributed by atoms with Crippen LogP contribution in [0.3, 0.4) is 0 Å². The van der Waals surface area contributed by atoms with Crippen LogP contribution in [-0.4, -0.2) is 22.4 Å². The second-order valence-corrected chi connectivity index (χ2v) is 3.85. The standard InChI is InChI=1S/C11H18N2O2/c1-5-15-11(14)10(8(2)3)9-6-7-12-13(9)4/h6-8,10H,5H2,1-4H3. The number of hydrogen-bond donors (Lipinski definition) is 0. The highest BCUT2D eigenvalue weighted by Gasteiger charge is 2.27. The first-order valence-electron chi connectivity index (χ1n) is 5.22. The van der Waals surface area contributed by atoms with Crippen LogP contribution in [-0.2, 0) is 16.6 Å². The van der Waals surface area contributed by atoms with Gasteiger partial charge in [-0.05, 0) is 18.9 Å². The maximum absolute atomic E-state index is 11.8. The molecular weight excluding hydrogens is 192 g/mol. The Morgan fingerprint density at radius 1 is 1.60 bits per heavy atom. The first-order valence-corrected chi connectivity index (χ1v) is 5.22. The van der Waals surface area contributed by atoms with Crippen LogP contribution in [0.2, 0.25) is 0 Å². The lowest BCUT2D eigenvalue weighted by Crippen LogP contribution is -2.23. The number of aryl methyl sites for hydroxylation is 1. The van der Waals surface area contributed by atoms with Crippen molar-refractivity contribution in [1.29, 1.82) is 0 Å². The number of carbonyl (C=O) groups excluding carboxylic acids is 1. The third-order valence-electron chi connectivity index (χ3n) is 2.38. The molecule has 4 nitrogen and oxygen atoms in total. The van der Waals surface area contributed by atoms with E-state index in [9.17, 15) is 4.79 Å². The first kappa shape index (κ1) is 11.8. The Bertz CT molecular complexity index is 331. The van der Waals surface area contributed by atoms with Crippen molar-refractivity contribution >= 4 is 5.97 Å². The van der Waals surface area contributed by atoms with Crippen molar-refractivity contribution in [3.05, 3.63) is 18.0 Å². The Hall–Kier alpha value is -1.32. The highest BCUT2D eigenvalue weighted by Crippen LogP contribution is 2.25. The monoisotopic (exact) mass is 210 g/mol. The van der Waals surface area contributed by atoms with Gasteiger partial charge in [0.2, 0.25) is 0 Å². The molecule has 0 aliphatic heterocycles. The Labute approximate surface area is 90.2 Å². The fourth-order valence-corrected chi connectivity index (χ4v) is 1.66. The summed E-state index contributed by atoms with van der Waals surface area (Å²) in [7, 11) is 1.84. The van der Waals surface area contributed by atoms with E-state index in [1.54, 1.807) is 10.9 Å². The van der Waals surface area contributed by atoms with E-state index in [0.717, 1.165) is 5.69 Å². The predicted molar refractivity (Wildman–Crippen MR) is 57.4 cm³/mol. The Balaban J connectivity index is 2.93. The molecule has 1 aromatic heterocycles. The molecule has 0 saturated heterocycles. The van der Waals surface area contributed by atoms with Crippen molar-refractivity contribution in [3.8, 4) is 0 Å². The Morgan fingerprint density at radius 2 is 2.27 bits per heavy atom. The molecule has 15 heavy (non-hydrogen) atoms. The van der Waals surface area contributed by atoms with Crippen LogP contribution < -0.4 is 0 Å². The average Bonchev–Trinajstić information content (AvgIpc) is 2.52. The molecule has 0 fully saturated rings. The maximum Gasteiger partial charge on any atom is 0.315 e. The second kappa shape index (κ2) is 4.96. The summed E-state index contributed by atoms with van der Waals surface area (Å²) < 4.78 is 6.79. The number of aromatic nitrogens is 2. The molecule has 84 valence electrons. The van der Waals surface area contributed by atoms with Gasteiger partial charge in [0, 0.05) is 13.2 Å². The van der Waals surface area contributed by atoms with E-state index in [4.69, 9.17) is 4.74 Å². The SMILES string of the molecule is CCOC(=O)C(c1ccnn1C)C(C)C. The predicted octanol–water partition coefficient (Wildman–Crippen LogP) is 1.72. The lowest BCUT2D eigenvalue weighted by Gasteiger charge is -2.19. The van der Waals surface area contributed by atoms with Crippen LogP contribution >= 0.6 is 0 Å². The molecule has 0 spiro atoms. The molecule has 1 rings (SSSR count). The largest absolute Gasteiger partial charge is 0.465 e. The van der Waals surface area contributed by atoms with E-state index in [1.165, 1.54) is 0 Å². The summed E-state index contributed by atoms with van der Waals surface area (Å²) in [6, 6.07) is 1.86. The highest BCUT2D eigenvalue weighted by molar-refractivity contribution is 5.77. The van der Waals surface area contributed by atoms with Gasteiger partial charge >= 0.3 is 5.97 Å². The van der Waals surface area contributed by atoms with Gasteiger partial charge in [0.05, 0.1) is 12.3 Å². The molecule has 0 aliphatic rings. The number of nitrogens with zero attached hydrogens (tertiary/aromatic N) is 2. The molecule has 0 N–H and O–H groups in total. The fraction of sp³-hybridized carbons (Fsp3) is 0.636. The topological polar surface area (TPSA) is 44.1 Å². The summed E-state index contributed by atoms with van der Waals surface area (Å²) in [5.74, 6) is -0.187. The van der Waals surface area contributed by atoms with E-state index < -0.39 is 0 Å². The van der Waals surface area contributed by atoms with Crippen LogP contribution in [0.25, 0.3) is 0 Å². The second-order valence-electron chi connectivity index (χ2n) is 3.85. The minimum Gasteiger partial charge on any atom is -0.465 e. The Kier molecular flexibility index (Phi) is 3.88. The van der Waals surface area contributed by atoms with E-state index in [1.807, 2.05) is 33.9 Å². The van der Waals surface area contributed by atoms with Gasteiger partial charge in [0.25, 0.3) is 0 Å². The van der Waals surface area contributed by atoms with Crippen LogP contribution in [0.1, 0.15) is 32.4 Å². The third kappa shape index (κ3) is 2.58. The first-order chi connectivity index (χ1) is 7.07. The van der Waals surface area contributed by atoms with Crippen molar-refractivity contribution < 1.29 is 9.53 Å². The normalized spacial score (nSPS) is 12.9. The molecule has 1 heterocycles. The molecule has 0 aliphatic carbocycles. The summed E-state index contributed by atoms with van der Waals surface area (Å²) in [6.45, 7) is 6.25. The van der Waals surface area contributed by atoms with Crippen molar-refractivity contribution in [2.45, 2.75) is 26.7 Å². The van der Waals surface area contributed by atoms with Crippen molar-refractivity contribution in [2.75, 3.05) is 6.61 Å². The zero-order valence-corrected chi connectivity index (χ0v) is 9.73. The zero-order valence-electron chi connectivity index (χ0n) is 9.73. The van der Waals surface area contributed by atoms with Gasteiger partial charge in [-0.2, -0.15) is 5.10 Å². The number of carbonyl (C=O) groups is 1. The molecule has 0 radical (unpaired) electrons. The summed E-state index contributed by atoms with van der Waals surface area (Å²) >= 11 is 0. The average molecular weight is 210 g/mol. The van der Waals surface area contributed by atoms with E-state index in [0.29, 0.717) is 6.61 Å². The number of rotatable bonds is 4. The maximum atomic E-state index is 11.8. The highest BCUT2D eigenvalue weighted by atomic mass is 16.5. The van der Waals surface area contributed by atoms with Gasteiger partial charge in [0.15, 0.2) is 0 Å². The third-order valence-corrected chi connectivity index (χ3v) is 2.38. The number of esters is 1. The van der Waals surface area contributed by atoms with E-state index in [-0.39, 0.29) is 17.8 Å². The zero-order chi connectivity index (χ0) is 11.4.